The van der Waals surface area contributed by atoms with Crippen LogP contribution in [-0.2, 0) is 27.7 Å². The number of hydrogen-bond acceptors (Lipinski definition) is 3. The summed E-state index contributed by atoms with van der Waals surface area (Å²) in [6.07, 6.45) is 2.39. The Bertz CT molecular complexity index is 1200. The number of nitrogens with zero attached hydrogens (tertiary/aromatic N) is 1. The summed E-state index contributed by atoms with van der Waals surface area (Å²) < 4.78 is 28.4. The van der Waals surface area contributed by atoms with E-state index in [1.807, 2.05) is 42.5 Å². The van der Waals surface area contributed by atoms with Crippen LogP contribution in [0.1, 0.15) is 35.6 Å². The van der Waals surface area contributed by atoms with Crippen LogP contribution >= 0.6 is 11.6 Å². The predicted molar refractivity (Wildman–Crippen MR) is 131 cm³/mol. The molecule has 4 rings (SSSR count). The SMILES string of the molecule is O=C(C[C@H]1c2ccccc2CCN1S(=O)(=O)c1ccc(Cl)cc1)NCCCc1ccccc1. The van der Waals surface area contributed by atoms with Crippen molar-refractivity contribution in [1.82, 2.24) is 9.62 Å². The Morgan fingerprint density at radius 2 is 1.67 bits per heavy atom. The molecule has 1 amide bonds. The summed E-state index contributed by atoms with van der Waals surface area (Å²) in [6, 6.07) is 23.5. The van der Waals surface area contributed by atoms with Crippen LogP contribution in [0.3, 0.4) is 0 Å². The van der Waals surface area contributed by atoms with E-state index in [1.54, 1.807) is 12.1 Å². The van der Waals surface area contributed by atoms with Gasteiger partial charge >= 0.3 is 0 Å². The highest BCUT2D eigenvalue weighted by atomic mass is 35.5. The molecule has 0 spiro atoms. The lowest BCUT2D eigenvalue weighted by molar-refractivity contribution is -0.122. The number of carbonyl (C=O) groups excluding carboxylic acids is 1. The molecule has 1 atom stereocenters. The molecule has 1 N–H and O–H groups in total. The van der Waals surface area contributed by atoms with Crippen LogP contribution < -0.4 is 5.32 Å². The first-order chi connectivity index (χ1) is 15.9. The average molecular weight is 483 g/mol. The van der Waals surface area contributed by atoms with Gasteiger partial charge in [0.1, 0.15) is 0 Å². The number of hydrogen-bond donors (Lipinski definition) is 1. The van der Waals surface area contributed by atoms with E-state index in [1.165, 1.54) is 22.0 Å². The maximum absolute atomic E-state index is 13.5. The molecule has 1 heterocycles. The van der Waals surface area contributed by atoms with Crippen molar-refractivity contribution in [3.8, 4) is 0 Å². The van der Waals surface area contributed by atoms with Crippen molar-refractivity contribution in [2.24, 2.45) is 0 Å². The van der Waals surface area contributed by atoms with E-state index < -0.39 is 16.1 Å². The van der Waals surface area contributed by atoms with Gasteiger partial charge in [0.05, 0.1) is 10.9 Å². The number of nitrogens with one attached hydrogen (secondary N) is 1. The molecule has 0 bridgehead atoms. The molecule has 1 aliphatic heterocycles. The Kier molecular flexibility index (Phi) is 7.48. The standard InChI is InChI=1S/C26H27ClN2O3S/c27-22-12-14-23(15-13-22)33(31,32)29-18-16-21-10-4-5-11-24(21)25(29)19-26(30)28-17-6-9-20-7-2-1-3-8-20/h1-5,7-8,10-15,25H,6,9,16-19H2,(H,28,30)/t25-/m0/s1. The quantitative estimate of drug-likeness (QED) is 0.470. The minimum atomic E-state index is -3.78. The van der Waals surface area contributed by atoms with Crippen LogP contribution in [0, 0.1) is 0 Å². The van der Waals surface area contributed by atoms with Gasteiger partial charge in [0, 0.05) is 24.5 Å². The molecule has 0 saturated heterocycles. The average Bonchev–Trinajstić information content (AvgIpc) is 2.83. The zero-order chi connectivity index (χ0) is 23.3. The van der Waals surface area contributed by atoms with E-state index in [0.717, 1.165) is 24.0 Å². The van der Waals surface area contributed by atoms with Crippen LogP contribution in [0.2, 0.25) is 5.02 Å². The Labute approximate surface area is 200 Å². The van der Waals surface area contributed by atoms with Crippen molar-refractivity contribution in [2.45, 2.75) is 36.6 Å². The van der Waals surface area contributed by atoms with E-state index in [0.29, 0.717) is 24.5 Å². The van der Waals surface area contributed by atoms with Crippen molar-refractivity contribution in [2.75, 3.05) is 13.1 Å². The molecule has 33 heavy (non-hydrogen) atoms. The summed E-state index contributed by atoms with van der Waals surface area (Å²) in [4.78, 5) is 13.0. The van der Waals surface area contributed by atoms with Gasteiger partial charge in [-0.1, -0.05) is 66.2 Å². The molecule has 5 nitrogen and oxygen atoms in total. The first-order valence-corrected chi connectivity index (χ1v) is 12.9. The molecule has 1 aliphatic rings. The molecule has 3 aromatic carbocycles. The predicted octanol–water partition coefficient (Wildman–Crippen LogP) is 4.77. The normalized spacial score (nSPS) is 16.2. The van der Waals surface area contributed by atoms with Crippen molar-refractivity contribution < 1.29 is 13.2 Å². The smallest absolute Gasteiger partial charge is 0.243 e. The number of fused-ring (bicyclic) bond motifs is 1. The van der Waals surface area contributed by atoms with Crippen LogP contribution in [-0.4, -0.2) is 31.7 Å². The topological polar surface area (TPSA) is 66.5 Å². The second-order valence-corrected chi connectivity index (χ2v) is 10.5. The third-order valence-corrected chi connectivity index (χ3v) is 8.14. The van der Waals surface area contributed by atoms with Crippen molar-refractivity contribution >= 4 is 27.5 Å². The van der Waals surface area contributed by atoms with E-state index in [-0.39, 0.29) is 17.2 Å². The van der Waals surface area contributed by atoms with Gasteiger partial charge in [-0.05, 0) is 60.2 Å². The monoisotopic (exact) mass is 482 g/mol. The van der Waals surface area contributed by atoms with Gasteiger partial charge in [0.15, 0.2) is 0 Å². The van der Waals surface area contributed by atoms with Crippen LogP contribution in [0.5, 0.6) is 0 Å². The van der Waals surface area contributed by atoms with E-state index in [9.17, 15) is 13.2 Å². The molecule has 3 aromatic rings. The second-order valence-electron chi connectivity index (χ2n) is 8.18. The van der Waals surface area contributed by atoms with Gasteiger partial charge in [-0.3, -0.25) is 4.79 Å². The van der Waals surface area contributed by atoms with Crippen LogP contribution in [0.15, 0.2) is 83.8 Å². The van der Waals surface area contributed by atoms with Gasteiger partial charge in [-0.2, -0.15) is 4.31 Å². The fourth-order valence-electron chi connectivity index (χ4n) is 4.28. The Morgan fingerprint density at radius 1 is 0.970 bits per heavy atom. The molecule has 7 heteroatoms. The number of sulfonamides is 1. The lowest BCUT2D eigenvalue weighted by Crippen LogP contribution is -2.42. The zero-order valence-corrected chi connectivity index (χ0v) is 19.9. The van der Waals surface area contributed by atoms with Gasteiger partial charge in [-0.15, -0.1) is 0 Å². The highest BCUT2D eigenvalue weighted by molar-refractivity contribution is 7.89. The maximum Gasteiger partial charge on any atom is 0.243 e. The lowest BCUT2D eigenvalue weighted by Gasteiger charge is -2.36. The van der Waals surface area contributed by atoms with Gasteiger partial charge < -0.3 is 5.32 Å². The largest absolute Gasteiger partial charge is 0.356 e. The van der Waals surface area contributed by atoms with E-state index in [2.05, 4.69) is 17.4 Å². The van der Waals surface area contributed by atoms with E-state index in [4.69, 9.17) is 11.6 Å². The summed E-state index contributed by atoms with van der Waals surface area (Å²) >= 11 is 5.95. The first-order valence-electron chi connectivity index (χ1n) is 11.1. The van der Waals surface area contributed by atoms with Crippen molar-refractivity contribution in [1.29, 1.82) is 0 Å². The molecule has 0 fully saturated rings. The molecule has 0 radical (unpaired) electrons. The molecule has 0 saturated carbocycles. The number of amides is 1. The summed E-state index contributed by atoms with van der Waals surface area (Å²) in [5.41, 5.74) is 3.20. The zero-order valence-electron chi connectivity index (χ0n) is 18.3. The van der Waals surface area contributed by atoms with Gasteiger partial charge in [0.2, 0.25) is 15.9 Å². The number of halogens is 1. The number of aryl methyl sites for hydroxylation is 1. The minimum absolute atomic E-state index is 0.0785. The Balaban J connectivity index is 1.48. The number of rotatable bonds is 8. The third-order valence-electron chi connectivity index (χ3n) is 5.97. The van der Waals surface area contributed by atoms with Gasteiger partial charge in [0.25, 0.3) is 0 Å². The Morgan fingerprint density at radius 3 is 2.42 bits per heavy atom. The van der Waals surface area contributed by atoms with Gasteiger partial charge in [-0.25, -0.2) is 8.42 Å². The number of benzene rings is 3. The highest BCUT2D eigenvalue weighted by Crippen LogP contribution is 2.36. The molecule has 0 aromatic heterocycles. The first kappa shape index (κ1) is 23.5. The summed E-state index contributed by atoms with van der Waals surface area (Å²) in [5, 5.41) is 3.45. The number of carbonyl (C=O) groups is 1. The van der Waals surface area contributed by atoms with Crippen molar-refractivity contribution in [3.63, 3.8) is 0 Å². The van der Waals surface area contributed by atoms with Crippen LogP contribution in [0.25, 0.3) is 0 Å². The van der Waals surface area contributed by atoms with E-state index >= 15 is 0 Å². The second kappa shape index (κ2) is 10.5. The highest BCUT2D eigenvalue weighted by Gasteiger charge is 2.37. The molecule has 0 unspecified atom stereocenters. The molecule has 172 valence electrons. The van der Waals surface area contributed by atoms with Crippen molar-refractivity contribution in [3.05, 3.63) is 101 Å². The fraction of sp³-hybridized carbons (Fsp3) is 0.269. The lowest BCUT2D eigenvalue weighted by atomic mass is 9.92. The molecule has 0 aliphatic carbocycles. The summed E-state index contributed by atoms with van der Waals surface area (Å²) in [7, 11) is -3.78. The summed E-state index contributed by atoms with van der Waals surface area (Å²) in [5.74, 6) is -0.152. The Hall–Kier alpha value is -2.67. The minimum Gasteiger partial charge on any atom is -0.356 e. The fourth-order valence-corrected chi connectivity index (χ4v) is 6.01. The summed E-state index contributed by atoms with van der Waals surface area (Å²) in [6.45, 7) is 0.875. The molecular formula is C26H27ClN2O3S. The maximum atomic E-state index is 13.5. The molecular weight excluding hydrogens is 456 g/mol. The third kappa shape index (κ3) is 5.64. The van der Waals surface area contributed by atoms with Crippen LogP contribution in [0.4, 0.5) is 0 Å².